The Bertz CT molecular complexity index is 117. The predicted octanol–water partition coefficient (Wildman–Crippen LogP) is 0.509. The van der Waals surface area contributed by atoms with Crippen LogP contribution in [0.2, 0.25) is 0 Å². The fourth-order valence-corrected chi connectivity index (χ4v) is 0.387. The number of nitrogens with zero attached hydrogens (tertiary/aromatic N) is 1. The van der Waals surface area contributed by atoms with Crippen LogP contribution in [0.5, 0.6) is 0 Å². The van der Waals surface area contributed by atoms with Crippen molar-refractivity contribution in [3.05, 3.63) is 12.3 Å². The summed E-state index contributed by atoms with van der Waals surface area (Å²) in [6, 6.07) is 0. The zero-order valence-corrected chi connectivity index (χ0v) is 7.48. The quantitative estimate of drug-likeness (QED) is 0.315. The molecule has 10 heavy (non-hydrogen) atoms. The van der Waals surface area contributed by atoms with Gasteiger partial charge in [0.25, 0.3) is 0 Å². The van der Waals surface area contributed by atoms with Crippen LogP contribution in [0.3, 0.4) is 0 Å². The van der Waals surface area contributed by atoms with Gasteiger partial charge in [-0.05, 0) is 0 Å². The van der Waals surface area contributed by atoms with Crippen molar-refractivity contribution in [2.45, 2.75) is 13.3 Å². The first kappa shape index (κ1) is 9.56. The molecule has 0 spiro atoms. The van der Waals surface area contributed by atoms with Crippen LogP contribution >= 0.6 is 0 Å². The van der Waals surface area contributed by atoms with Gasteiger partial charge in [-0.15, -0.1) is 0 Å². The Morgan fingerprint density at radius 2 is 2.10 bits per heavy atom. The first-order chi connectivity index (χ1) is 4.45. The van der Waals surface area contributed by atoms with Gasteiger partial charge >= 0.3 is 7.98 Å². The summed E-state index contributed by atoms with van der Waals surface area (Å²) in [4.78, 5) is 0. The van der Waals surface area contributed by atoms with Gasteiger partial charge in [-0.3, -0.25) is 0 Å². The molecule has 0 aromatic rings. The maximum atomic E-state index is 5.33. The van der Waals surface area contributed by atoms with Crippen molar-refractivity contribution in [1.82, 2.24) is 0 Å². The lowest BCUT2D eigenvalue weighted by Crippen LogP contribution is -2.38. The number of quaternary nitrogens is 1. The van der Waals surface area contributed by atoms with Crippen LogP contribution in [-0.2, 0) is 4.74 Å². The third-order valence-electron chi connectivity index (χ3n) is 1.05. The number of hydrogen-bond donors (Lipinski definition) is 0. The molecule has 0 amide bonds. The van der Waals surface area contributed by atoms with Crippen molar-refractivity contribution in [2.75, 3.05) is 20.8 Å². The van der Waals surface area contributed by atoms with Gasteiger partial charge < -0.3 is 9.13 Å². The summed E-state index contributed by atoms with van der Waals surface area (Å²) in [5.41, 5.74) is 0. The van der Waals surface area contributed by atoms with E-state index in [9.17, 15) is 0 Å². The van der Waals surface area contributed by atoms with E-state index in [-0.39, 0.29) is 0 Å². The van der Waals surface area contributed by atoms with Gasteiger partial charge in [-0.25, -0.2) is 0 Å². The third kappa shape index (κ3) is 5.70. The van der Waals surface area contributed by atoms with Gasteiger partial charge in [0.05, 0.1) is 19.9 Å². The Labute approximate surface area is 64.5 Å². The molecule has 0 radical (unpaired) electrons. The van der Waals surface area contributed by atoms with Crippen LogP contribution in [0.15, 0.2) is 12.3 Å². The topological polar surface area (TPSA) is 9.23 Å². The van der Waals surface area contributed by atoms with Gasteiger partial charge in [0.1, 0.15) is 0 Å². The summed E-state index contributed by atoms with van der Waals surface area (Å²) in [7, 11) is 6.26. The van der Waals surface area contributed by atoms with Crippen LogP contribution in [0.1, 0.15) is 13.3 Å². The zero-order valence-electron chi connectivity index (χ0n) is 7.48. The molecule has 0 aromatic heterocycles. The van der Waals surface area contributed by atoms with Gasteiger partial charge in [0.2, 0.25) is 6.73 Å². The number of ether oxygens (including phenoxy) is 1. The first-order valence-corrected chi connectivity index (χ1v) is 3.56. The molecule has 0 rings (SSSR count). The highest BCUT2D eigenvalue weighted by molar-refractivity contribution is 5.97. The Balaban J connectivity index is 3.46. The second kappa shape index (κ2) is 3.66. The van der Waals surface area contributed by atoms with Crippen LogP contribution in [0.25, 0.3) is 0 Å². The second-order valence-electron chi connectivity index (χ2n) is 3.46. The van der Waals surface area contributed by atoms with Gasteiger partial charge in [-0.1, -0.05) is 13.5 Å². The number of hydrogen-bond acceptors (Lipinski definition) is 1. The summed E-state index contributed by atoms with van der Waals surface area (Å²) in [5.74, 6) is 0.869. The van der Waals surface area contributed by atoms with E-state index in [4.69, 9.17) is 4.74 Å². The zero-order chi connectivity index (χ0) is 8.20. The van der Waals surface area contributed by atoms with E-state index >= 15 is 0 Å². The summed E-state index contributed by atoms with van der Waals surface area (Å²) >= 11 is 0. The Hall–Kier alpha value is -0.435. The summed E-state index contributed by atoms with van der Waals surface area (Å²) < 4.78 is 6.15. The molecule has 0 unspecified atom stereocenters. The van der Waals surface area contributed by atoms with E-state index < -0.39 is 0 Å². The van der Waals surface area contributed by atoms with Gasteiger partial charge in [-0.2, -0.15) is 0 Å². The van der Waals surface area contributed by atoms with Crippen molar-refractivity contribution in [1.29, 1.82) is 0 Å². The highest BCUT2D eigenvalue weighted by Crippen LogP contribution is 2.00. The normalized spacial score (nSPS) is 11.1. The summed E-state index contributed by atoms with van der Waals surface area (Å²) in [6.45, 7) is 6.48. The minimum Gasteiger partial charge on any atom is -0.452 e. The number of allylic oxidation sites excluding steroid dienone is 1. The van der Waals surface area contributed by atoms with Crippen LogP contribution in [-0.4, -0.2) is 33.2 Å². The standard InChI is InChI=1S/C7H17BNO/c1-5-7(2)10-6-9(3,4)8/h2,5-6,8H2,1,3-4H3/q+1. The lowest BCUT2D eigenvalue weighted by atomic mass is 10.3. The Morgan fingerprint density at radius 3 is 2.40 bits per heavy atom. The predicted molar refractivity (Wildman–Crippen MR) is 46.0 cm³/mol. The smallest absolute Gasteiger partial charge is 0.375 e. The van der Waals surface area contributed by atoms with Crippen molar-refractivity contribution >= 4 is 7.98 Å². The van der Waals surface area contributed by atoms with Crippen molar-refractivity contribution in [3.63, 3.8) is 0 Å². The van der Waals surface area contributed by atoms with E-state index in [1.807, 2.05) is 6.92 Å². The third-order valence-corrected chi connectivity index (χ3v) is 1.05. The molecule has 0 aliphatic carbocycles. The van der Waals surface area contributed by atoms with Crippen molar-refractivity contribution in [3.8, 4) is 0 Å². The summed E-state index contributed by atoms with van der Waals surface area (Å²) in [6.07, 6.45) is 0.903. The average Bonchev–Trinajstić information content (AvgIpc) is 1.81. The van der Waals surface area contributed by atoms with E-state index in [2.05, 4.69) is 28.7 Å². The molecule has 0 aliphatic rings. The minimum absolute atomic E-state index is 0.701. The maximum Gasteiger partial charge on any atom is 0.375 e. The molecule has 0 saturated heterocycles. The molecule has 0 aliphatic heterocycles. The molecule has 0 aromatic carbocycles. The monoisotopic (exact) mass is 142 g/mol. The average molecular weight is 142 g/mol. The van der Waals surface area contributed by atoms with Crippen LogP contribution < -0.4 is 0 Å². The molecule has 3 heteroatoms. The first-order valence-electron chi connectivity index (χ1n) is 3.56. The molecule has 0 atom stereocenters. The molecule has 58 valence electrons. The fraction of sp³-hybridized carbons (Fsp3) is 0.714. The highest BCUT2D eigenvalue weighted by atomic mass is 16.5. The van der Waals surface area contributed by atoms with Crippen molar-refractivity contribution in [2.24, 2.45) is 0 Å². The van der Waals surface area contributed by atoms with E-state index in [1.165, 1.54) is 0 Å². The molecule has 0 fully saturated rings. The molecule has 0 heterocycles. The van der Waals surface area contributed by atoms with Crippen molar-refractivity contribution < 1.29 is 9.13 Å². The Kier molecular flexibility index (Phi) is 3.51. The molecular formula is C7H17BNO+. The largest absolute Gasteiger partial charge is 0.452 e. The van der Waals surface area contributed by atoms with Gasteiger partial charge in [0, 0.05) is 6.42 Å². The summed E-state index contributed by atoms with van der Waals surface area (Å²) in [5, 5.41) is 0. The lowest BCUT2D eigenvalue weighted by molar-refractivity contribution is -0.796. The van der Waals surface area contributed by atoms with Gasteiger partial charge in [0.15, 0.2) is 0 Å². The van der Waals surface area contributed by atoms with E-state index in [0.717, 1.165) is 16.6 Å². The molecular weight excluding hydrogens is 125 g/mol. The fourth-order valence-electron chi connectivity index (χ4n) is 0.387. The van der Waals surface area contributed by atoms with Crippen LogP contribution in [0.4, 0.5) is 0 Å². The molecule has 2 nitrogen and oxygen atoms in total. The molecule has 0 saturated carbocycles. The minimum atomic E-state index is 0.701. The van der Waals surface area contributed by atoms with E-state index in [0.29, 0.717) is 6.73 Å². The Morgan fingerprint density at radius 1 is 1.60 bits per heavy atom. The van der Waals surface area contributed by atoms with E-state index in [1.54, 1.807) is 0 Å². The molecule has 0 bridgehead atoms. The number of rotatable bonds is 4. The SMILES string of the molecule is B[N+](C)(C)COC(=C)CC. The second-order valence-corrected chi connectivity index (χ2v) is 3.46. The maximum absolute atomic E-state index is 5.33. The highest BCUT2D eigenvalue weighted by Gasteiger charge is 2.06. The molecule has 0 N–H and O–H groups in total. The lowest BCUT2D eigenvalue weighted by Gasteiger charge is -2.25. The van der Waals surface area contributed by atoms with Crippen LogP contribution in [0, 0.1) is 0 Å².